The van der Waals surface area contributed by atoms with E-state index in [9.17, 15) is 14.4 Å². The van der Waals surface area contributed by atoms with Crippen LogP contribution < -0.4 is 10.6 Å². The first-order valence-corrected chi connectivity index (χ1v) is 12.9. The minimum absolute atomic E-state index is 0.0474. The van der Waals surface area contributed by atoms with E-state index in [4.69, 9.17) is 0 Å². The lowest BCUT2D eigenvalue weighted by Gasteiger charge is -2.32. The second kappa shape index (κ2) is 21.9. The highest BCUT2D eigenvalue weighted by atomic mass is 16.5. The molecule has 8 nitrogen and oxygen atoms in total. The van der Waals surface area contributed by atoms with Crippen LogP contribution in [0.3, 0.4) is 0 Å². The second-order valence-corrected chi connectivity index (χ2v) is 8.10. The maximum atomic E-state index is 12.0. The maximum absolute atomic E-state index is 12.0. The molecule has 37 heavy (non-hydrogen) atoms. The Morgan fingerprint density at radius 2 is 1.70 bits per heavy atom. The average Bonchev–Trinajstić information content (AvgIpc) is 3.05. The fourth-order valence-electron chi connectivity index (χ4n) is 3.33. The van der Waals surface area contributed by atoms with E-state index in [-0.39, 0.29) is 11.9 Å². The topological polar surface area (TPSA) is 91.0 Å². The number of carbonyl (C=O) groups is 3. The van der Waals surface area contributed by atoms with E-state index < -0.39 is 0 Å². The number of ether oxygens (including phenoxy) is 1. The number of benzene rings is 1. The number of amides is 2. The first-order valence-electron chi connectivity index (χ1n) is 12.9. The van der Waals surface area contributed by atoms with Gasteiger partial charge in [0.1, 0.15) is 0 Å². The lowest BCUT2D eigenvalue weighted by atomic mass is 9.97. The highest BCUT2D eigenvalue weighted by molar-refractivity contribution is 5.94. The number of piperazine rings is 1. The second-order valence-electron chi connectivity index (χ2n) is 8.10. The first kappa shape index (κ1) is 33.6. The normalized spacial score (nSPS) is 19.4. The summed E-state index contributed by atoms with van der Waals surface area (Å²) in [5.74, 6) is 0.237. The van der Waals surface area contributed by atoms with Crippen molar-refractivity contribution in [3.63, 3.8) is 0 Å². The third kappa shape index (κ3) is 14.7. The maximum Gasteiger partial charge on any atom is 0.305 e. The SMILES string of the molecule is CC.CNC.COC(=O)CC/C1=C/NC/C=C\C=C/C1C.O=CN1CCN(C(=O)c2ccccc2)CC1. The number of nitrogens with zero attached hydrogens (tertiary/aromatic N) is 2. The molecule has 0 spiro atoms. The molecule has 0 radical (unpaired) electrons. The molecule has 206 valence electrons. The van der Waals surface area contributed by atoms with Crippen LogP contribution in [-0.4, -0.2) is 82.0 Å². The van der Waals surface area contributed by atoms with Gasteiger partial charge in [-0.1, -0.05) is 63.3 Å². The molecule has 1 aromatic rings. The van der Waals surface area contributed by atoms with Gasteiger partial charge in [-0.3, -0.25) is 14.4 Å². The van der Waals surface area contributed by atoms with Crippen LogP contribution in [0.25, 0.3) is 0 Å². The number of hydrogen-bond donors (Lipinski definition) is 2. The van der Waals surface area contributed by atoms with Crippen molar-refractivity contribution in [2.24, 2.45) is 5.92 Å². The Labute approximate surface area is 223 Å². The molecule has 1 saturated heterocycles. The van der Waals surface area contributed by atoms with Crippen LogP contribution in [-0.2, 0) is 14.3 Å². The van der Waals surface area contributed by atoms with Crippen LogP contribution in [0.4, 0.5) is 0 Å². The molecule has 0 aromatic heterocycles. The molecule has 2 N–H and O–H groups in total. The zero-order valence-electron chi connectivity index (χ0n) is 23.4. The first-order chi connectivity index (χ1) is 18.0. The van der Waals surface area contributed by atoms with Gasteiger partial charge in [0.15, 0.2) is 0 Å². The Morgan fingerprint density at radius 1 is 1.08 bits per heavy atom. The van der Waals surface area contributed by atoms with E-state index in [1.165, 1.54) is 12.7 Å². The molecule has 0 bridgehead atoms. The standard InChI is InChI=1S/C13H19NO2.C12H14N2O2.C2H7N.C2H6/c1-11-6-4-3-5-9-14-10-12(11)7-8-13(15)16-2;15-10-13-6-8-14(9-7-13)12(16)11-4-2-1-3-5-11;1-3-2;1-2/h3-6,10-11,14H,7-9H2,1-2H3;1-5,10H,6-9H2;3H,1-2H3;1-2H3/b5-3-,6-4-,12-10-;;;. The van der Waals surface area contributed by atoms with Crippen molar-refractivity contribution in [1.29, 1.82) is 0 Å². The molecule has 1 aromatic carbocycles. The predicted molar refractivity (Wildman–Crippen MR) is 151 cm³/mol. The molecule has 2 amide bonds. The molecule has 3 rings (SSSR count). The van der Waals surface area contributed by atoms with Crippen LogP contribution in [0, 0.1) is 5.92 Å². The number of nitrogens with one attached hydrogen (secondary N) is 2. The van der Waals surface area contributed by atoms with Crippen LogP contribution in [0.5, 0.6) is 0 Å². The van der Waals surface area contributed by atoms with E-state index in [2.05, 4.69) is 34.4 Å². The zero-order chi connectivity index (χ0) is 27.9. The van der Waals surface area contributed by atoms with Gasteiger partial charge in [-0.05, 0) is 50.3 Å². The highest BCUT2D eigenvalue weighted by Crippen LogP contribution is 2.18. The van der Waals surface area contributed by atoms with Gasteiger partial charge in [-0.2, -0.15) is 0 Å². The number of esters is 1. The Morgan fingerprint density at radius 3 is 2.27 bits per heavy atom. The van der Waals surface area contributed by atoms with Crippen molar-refractivity contribution in [3.8, 4) is 0 Å². The summed E-state index contributed by atoms with van der Waals surface area (Å²) in [6, 6.07) is 9.23. The lowest BCUT2D eigenvalue weighted by Crippen LogP contribution is -2.48. The average molecular weight is 515 g/mol. The molecule has 1 fully saturated rings. The number of hydrogen-bond acceptors (Lipinski definition) is 6. The van der Waals surface area contributed by atoms with Gasteiger partial charge in [0.05, 0.1) is 7.11 Å². The smallest absolute Gasteiger partial charge is 0.305 e. The molecule has 8 heteroatoms. The third-order valence-electron chi connectivity index (χ3n) is 5.37. The van der Waals surface area contributed by atoms with Gasteiger partial charge in [0, 0.05) is 44.7 Å². The third-order valence-corrected chi connectivity index (χ3v) is 5.37. The molecule has 2 heterocycles. The number of allylic oxidation sites excluding steroid dienone is 4. The summed E-state index contributed by atoms with van der Waals surface area (Å²) in [7, 11) is 5.17. The van der Waals surface area contributed by atoms with Crippen molar-refractivity contribution in [1.82, 2.24) is 20.4 Å². The van der Waals surface area contributed by atoms with Crippen molar-refractivity contribution >= 4 is 18.3 Å². The zero-order valence-corrected chi connectivity index (χ0v) is 23.4. The van der Waals surface area contributed by atoms with Crippen LogP contribution in [0.1, 0.15) is 44.0 Å². The molecule has 2 aliphatic heterocycles. The van der Waals surface area contributed by atoms with Crippen molar-refractivity contribution in [3.05, 3.63) is 72.0 Å². The minimum Gasteiger partial charge on any atom is -0.469 e. The van der Waals surface area contributed by atoms with Crippen molar-refractivity contribution in [2.45, 2.75) is 33.6 Å². The van der Waals surface area contributed by atoms with E-state index in [1.54, 1.807) is 9.80 Å². The molecule has 0 saturated carbocycles. The molecule has 1 unspecified atom stereocenters. The van der Waals surface area contributed by atoms with E-state index >= 15 is 0 Å². The van der Waals surface area contributed by atoms with Gasteiger partial charge in [-0.15, -0.1) is 0 Å². The summed E-state index contributed by atoms with van der Waals surface area (Å²) in [5.41, 5.74) is 1.94. The Balaban J connectivity index is 0.000000597. The summed E-state index contributed by atoms with van der Waals surface area (Å²) < 4.78 is 4.64. The summed E-state index contributed by atoms with van der Waals surface area (Å²) in [5, 5.41) is 5.96. The van der Waals surface area contributed by atoms with Gasteiger partial charge >= 0.3 is 5.97 Å². The highest BCUT2D eigenvalue weighted by Gasteiger charge is 2.20. The van der Waals surface area contributed by atoms with Crippen molar-refractivity contribution in [2.75, 3.05) is 53.9 Å². The fraction of sp³-hybridized carbons (Fsp3) is 0.483. The number of carbonyl (C=O) groups excluding carboxylic acids is 3. The Kier molecular flexibility index (Phi) is 19.9. The van der Waals surface area contributed by atoms with Crippen LogP contribution in [0.2, 0.25) is 0 Å². The van der Waals surface area contributed by atoms with E-state index in [1.807, 2.05) is 76.6 Å². The molecular formula is C29H46N4O4. The summed E-state index contributed by atoms with van der Waals surface area (Å²) >= 11 is 0. The van der Waals surface area contributed by atoms with Gasteiger partial charge in [-0.25, -0.2) is 0 Å². The van der Waals surface area contributed by atoms with Crippen LogP contribution in [0.15, 0.2) is 66.4 Å². The summed E-state index contributed by atoms with van der Waals surface area (Å²) in [6.45, 7) is 9.43. The Hall–Kier alpha value is -3.39. The molecule has 0 aliphatic carbocycles. The molecule has 1 atom stereocenters. The largest absolute Gasteiger partial charge is 0.469 e. The Bertz CT molecular complexity index is 845. The lowest BCUT2D eigenvalue weighted by molar-refractivity contribution is -0.140. The van der Waals surface area contributed by atoms with Crippen molar-refractivity contribution < 1.29 is 19.1 Å². The number of methoxy groups -OCH3 is 1. The molecular weight excluding hydrogens is 468 g/mol. The monoisotopic (exact) mass is 514 g/mol. The molecule has 2 aliphatic rings. The quantitative estimate of drug-likeness (QED) is 0.461. The summed E-state index contributed by atoms with van der Waals surface area (Å²) in [4.78, 5) is 37.1. The van der Waals surface area contributed by atoms with E-state index in [0.29, 0.717) is 44.1 Å². The number of rotatable bonds is 5. The van der Waals surface area contributed by atoms with Crippen LogP contribution >= 0.6 is 0 Å². The van der Waals surface area contributed by atoms with Gasteiger partial charge < -0.3 is 25.2 Å². The fourth-order valence-corrected chi connectivity index (χ4v) is 3.33. The predicted octanol–water partition coefficient (Wildman–Crippen LogP) is 3.64. The van der Waals surface area contributed by atoms with Gasteiger partial charge in [0.2, 0.25) is 6.41 Å². The summed E-state index contributed by atoms with van der Waals surface area (Å²) in [6.07, 6.45) is 12.3. The van der Waals surface area contributed by atoms with Gasteiger partial charge in [0.25, 0.3) is 5.91 Å². The minimum atomic E-state index is -0.157. The van der Waals surface area contributed by atoms with E-state index in [0.717, 1.165) is 19.4 Å².